The summed E-state index contributed by atoms with van der Waals surface area (Å²) < 4.78 is 12.1. The van der Waals surface area contributed by atoms with Crippen LogP contribution in [0, 0.1) is 13.8 Å². The summed E-state index contributed by atoms with van der Waals surface area (Å²) in [6, 6.07) is 17.7. The number of hydrogen-bond acceptors (Lipinski definition) is 4. The number of fused-ring (bicyclic) bond motifs is 2. The molecule has 0 saturated carbocycles. The van der Waals surface area contributed by atoms with Gasteiger partial charge in [-0.3, -0.25) is 9.69 Å². The van der Waals surface area contributed by atoms with Gasteiger partial charge in [-0.15, -0.1) is 0 Å². The lowest BCUT2D eigenvalue weighted by atomic mass is 9.99. The summed E-state index contributed by atoms with van der Waals surface area (Å²) in [5.74, 6) is 1.66. The van der Waals surface area contributed by atoms with Crippen molar-refractivity contribution in [2.24, 2.45) is 0 Å². The van der Waals surface area contributed by atoms with Gasteiger partial charge in [0.25, 0.3) is 0 Å². The molecule has 5 heteroatoms. The number of aryl methyl sites for hydroxylation is 1. The minimum Gasteiger partial charge on any atom is -0.477 e. The van der Waals surface area contributed by atoms with E-state index in [4.69, 9.17) is 21.1 Å². The van der Waals surface area contributed by atoms with Gasteiger partial charge in [0.05, 0.1) is 5.56 Å². The molecule has 31 heavy (non-hydrogen) atoms. The van der Waals surface area contributed by atoms with E-state index in [1.54, 1.807) is 0 Å². The number of halogens is 1. The Morgan fingerprint density at radius 1 is 1.06 bits per heavy atom. The zero-order valence-corrected chi connectivity index (χ0v) is 18.2. The lowest BCUT2D eigenvalue weighted by Gasteiger charge is -2.30. The number of ketones is 1. The molecule has 5 rings (SSSR count). The van der Waals surface area contributed by atoms with Crippen LogP contribution in [0.1, 0.15) is 38.2 Å². The molecule has 4 nitrogen and oxygen atoms in total. The Morgan fingerprint density at radius 2 is 1.84 bits per heavy atom. The molecule has 3 aromatic rings. The number of nitrogens with zero attached hydrogens (tertiary/aromatic N) is 1. The fourth-order valence-electron chi connectivity index (χ4n) is 4.16. The average Bonchev–Trinajstić information content (AvgIpc) is 3.07. The van der Waals surface area contributed by atoms with Crippen molar-refractivity contribution in [1.29, 1.82) is 0 Å². The third kappa shape index (κ3) is 3.62. The van der Waals surface area contributed by atoms with Gasteiger partial charge in [-0.05, 0) is 48.7 Å². The normalized spacial score (nSPS) is 16.6. The maximum absolute atomic E-state index is 13.1. The van der Waals surface area contributed by atoms with Gasteiger partial charge >= 0.3 is 0 Å². The van der Waals surface area contributed by atoms with E-state index < -0.39 is 0 Å². The summed E-state index contributed by atoms with van der Waals surface area (Å²) >= 11 is 6.32. The molecule has 2 aliphatic rings. The molecule has 0 fully saturated rings. The molecule has 0 radical (unpaired) electrons. The molecule has 0 saturated heterocycles. The van der Waals surface area contributed by atoms with Crippen LogP contribution in [0.3, 0.4) is 0 Å². The summed E-state index contributed by atoms with van der Waals surface area (Å²) in [4.78, 5) is 15.3. The minimum atomic E-state index is -0.0904. The van der Waals surface area contributed by atoms with Crippen LogP contribution in [0.4, 0.5) is 0 Å². The first kappa shape index (κ1) is 19.9. The molecule has 3 aromatic carbocycles. The maximum atomic E-state index is 13.1. The van der Waals surface area contributed by atoms with Crippen LogP contribution in [-0.4, -0.2) is 17.4 Å². The van der Waals surface area contributed by atoms with Gasteiger partial charge in [0.15, 0.2) is 5.76 Å². The van der Waals surface area contributed by atoms with Crippen molar-refractivity contribution in [2.75, 3.05) is 6.73 Å². The van der Waals surface area contributed by atoms with Crippen molar-refractivity contribution >= 4 is 23.5 Å². The van der Waals surface area contributed by atoms with Crippen molar-refractivity contribution in [3.8, 4) is 11.5 Å². The average molecular weight is 432 g/mol. The Kier molecular flexibility index (Phi) is 5.05. The second-order valence-corrected chi connectivity index (χ2v) is 8.42. The highest BCUT2D eigenvalue weighted by molar-refractivity contribution is 6.31. The van der Waals surface area contributed by atoms with E-state index in [-0.39, 0.29) is 5.78 Å². The van der Waals surface area contributed by atoms with Crippen molar-refractivity contribution in [2.45, 2.75) is 26.9 Å². The van der Waals surface area contributed by atoms with Crippen LogP contribution >= 0.6 is 11.6 Å². The van der Waals surface area contributed by atoms with Gasteiger partial charge in [0, 0.05) is 29.2 Å². The van der Waals surface area contributed by atoms with Crippen LogP contribution in [0.5, 0.6) is 11.5 Å². The molecule has 0 N–H and O–H groups in total. The summed E-state index contributed by atoms with van der Waals surface area (Å²) in [6.45, 7) is 5.78. The third-order valence-corrected chi connectivity index (χ3v) is 6.20. The van der Waals surface area contributed by atoms with Gasteiger partial charge in [0.1, 0.15) is 18.2 Å². The van der Waals surface area contributed by atoms with Gasteiger partial charge in [0.2, 0.25) is 5.78 Å². The number of benzene rings is 3. The quantitative estimate of drug-likeness (QED) is 0.482. The van der Waals surface area contributed by atoms with Crippen molar-refractivity contribution in [3.63, 3.8) is 0 Å². The number of allylic oxidation sites excluding steroid dienone is 1. The van der Waals surface area contributed by atoms with Crippen molar-refractivity contribution < 1.29 is 14.3 Å². The second-order valence-electron chi connectivity index (χ2n) is 8.01. The SMILES string of the molecule is Cc1ccccc1/C=C1\Oc2c(cc3c(c2C)OCN(Cc2ccccc2Cl)C3)C1=O. The van der Waals surface area contributed by atoms with E-state index in [1.807, 2.05) is 74.5 Å². The summed E-state index contributed by atoms with van der Waals surface area (Å²) in [7, 11) is 0. The molecule has 0 unspecified atom stereocenters. The number of rotatable bonds is 3. The van der Waals surface area contributed by atoms with E-state index >= 15 is 0 Å². The van der Waals surface area contributed by atoms with Gasteiger partial charge in [-0.25, -0.2) is 0 Å². The first-order valence-electron chi connectivity index (χ1n) is 10.3. The van der Waals surface area contributed by atoms with Crippen LogP contribution in [0.25, 0.3) is 6.08 Å². The molecule has 0 aliphatic carbocycles. The molecule has 156 valence electrons. The number of carbonyl (C=O) groups is 1. The van der Waals surface area contributed by atoms with Gasteiger partial charge in [-0.2, -0.15) is 0 Å². The molecule has 0 atom stereocenters. The highest BCUT2D eigenvalue weighted by Gasteiger charge is 2.33. The lowest BCUT2D eigenvalue weighted by molar-refractivity contribution is 0.0877. The molecule has 0 amide bonds. The summed E-state index contributed by atoms with van der Waals surface area (Å²) in [6.07, 6.45) is 1.82. The molecular weight excluding hydrogens is 410 g/mol. The first-order chi connectivity index (χ1) is 15.0. The standard InChI is InChI=1S/C26H22ClNO3/c1-16-7-3-4-8-18(16)12-23-24(29)21-11-20-14-28(13-19-9-5-6-10-22(19)27)15-30-25(20)17(2)26(21)31-23/h3-12H,13-15H2,1-2H3/b23-12-. The second kappa shape index (κ2) is 7.88. The summed E-state index contributed by atoms with van der Waals surface area (Å²) in [5.41, 5.74) is 5.58. The zero-order chi connectivity index (χ0) is 21.5. The smallest absolute Gasteiger partial charge is 0.231 e. The number of Topliss-reactive ketones (excluding diaryl/α,β-unsaturated/α-hetero) is 1. The minimum absolute atomic E-state index is 0.0904. The Bertz CT molecular complexity index is 1230. The fourth-order valence-corrected chi connectivity index (χ4v) is 4.35. The zero-order valence-electron chi connectivity index (χ0n) is 17.4. The van der Waals surface area contributed by atoms with Crippen LogP contribution in [0.2, 0.25) is 5.02 Å². The Hall–Kier alpha value is -3.08. The lowest BCUT2D eigenvalue weighted by Crippen LogP contribution is -2.32. The Labute approximate surface area is 186 Å². The van der Waals surface area contributed by atoms with Crippen LogP contribution in [0.15, 0.2) is 60.4 Å². The first-order valence-corrected chi connectivity index (χ1v) is 10.6. The molecule has 0 spiro atoms. The van der Waals surface area contributed by atoms with Crippen LogP contribution < -0.4 is 9.47 Å². The van der Waals surface area contributed by atoms with E-state index in [0.717, 1.165) is 38.6 Å². The van der Waals surface area contributed by atoms with E-state index in [0.29, 0.717) is 36.9 Å². The molecule has 0 aromatic heterocycles. The Balaban J connectivity index is 1.44. The highest BCUT2D eigenvalue weighted by Crippen LogP contribution is 2.43. The topological polar surface area (TPSA) is 38.8 Å². The van der Waals surface area contributed by atoms with Crippen molar-refractivity contribution in [3.05, 3.63) is 98.8 Å². The summed E-state index contributed by atoms with van der Waals surface area (Å²) in [5, 5.41) is 0.744. The monoisotopic (exact) mass is 431 g/mol. The number of ether oxygens (including phenoxy) is 2. The molecule has 0 bridgehead atoms. The predicted molar refractivity (Wildman–Crippen MR) is 121 cm³/mol. The molecule has 2 aliphatic heterocycles. The maximum Gasteiger partial charge on any atom is 0.231 e. The Morgan fingerprint density at radius 3 is 2.65 bits per heavy atom. The molecule has 2 heterocycles. The van der Waals surface area contributed by atoms with Gasteiger partial charge < -0.3 is 9.47 Å². The van der Waals surface area contributed by atoms with Crippen LogP contribution in [-0.2, 0) is 13.1 Å². The predicted octanol–water partition coefficient (Wildman–Crippen LogP) is 5.93. The highest BCUT2D eigenvalue weighted by atomic mass is 35.5. The van der Waals surface area contributed by atoms with Crippen molar-refractivity contribution in [1.82, 2.24) is 4.90 Å². The van der Waals surface area contributed by atoms with E-state index in [1.165, 1.54) is 0 Å². The van der Waals surface area contributed by atoms with E-state index in [9.17, 15) is 4.79 Å². The van der Waals surface area contributed by atoms with Gasteiger partial charge in [-0.1, -0.05) is 54.1 Å². The van der Waals surface area contributed by atoms with E-state index in [2.05, 4.69) is 4.90 Å². The number of carbonyl (C=O) groups excluding carboxylic acids is 1. The largest absolute Gasteiger partial charge is 0.477 e. The number of hydrogen-bond donors (Lipinski definition) is 0. The fraction of sp³-hybridized carbons (Fsp3) is 0.192. The third-order valence-electron chi connectivity index (χ3n) is 5.83. The molecular formula is C26H22ClNO3.